The highest BCUT2D eigenvalue weighted by atomic mass is 16.3. The summed E-state index contributed by atoms with van der Waals surface area (Å²) >= 11 is 0. The van der Waals surface area contributed by atoms with Crippen LogP contribution in [0.1, 0.15) is 5.56 Å². The molecule has 0 unspecified atom stereocenters. The smallest absolute Gasteiger partial charge is 0.253 e. The molecule has 3 aromatic rings. The van der Waals surface area contributed by atoms with Gasteiger partial charge in [-0.05, 0) is 25.1 Å². The Labute approximate surface area is 95.5 Å². The second-order valence-electron chi connectivity index (χ2n) is 3.95. The van der Waals surface area contributed by atoms with E-state index in [1.165, 1.54) is 0 Å². The number of aromatic nitrogens is 1. The van der Waals surface area contributed by atoms with Gasteiger partial charge in [-0.3, -0.25) is 14.6 Å². The van der Waals surface area contributed by atoms with E-state index in [1.54, 1.807) is 37.3 Å². The maximum atomic E-state index is 12.2. The molecule has 0 aliphatic rings. The summed E-state index contributed by atoms with van der Waals surface area (Å²) in [5, 5.41) is 0.923. The monoisotopic (exact) mass is 227 g/mol. The molecule has 0 spiro atoms. The van der Waals surface area contributed by atoms with E-state index >= 15 is 0 Å². The van der Waals surface area contributed by atoms with Gasteiger partial charge in [-0.15, -0.1) is 0 Å². The zero-order valence-corrected chi connectivity index (χ0v) is 9.11. The second-order valence-corrected chi connectivity index (χ2v) is 3.95. The summed E-state index contributed by atoms with van der Waals surface area (Å²) < 4.78 is 5.51. The number of fused-ring (bicyclic) bond motifs is 2. The summed E-state index contributed by atoms with van der Waals surface area (Å²) in [5.74, 6) is 0. The molecule has 0 aliphatic heterocycles. The molecule has 0 fully saturated rings. The molecule has 0 atom stereocenters. The summed E-state index contributed by atoms with van der Waals surface area (Å²) in [5.41, 5.74) is 0.839. The topological polar surface area (TPSA) is 63.1 Å². The first kappa shape index (κ1) is 9.84. The zero-order valence-electron chi connectivity index (χ0n) is 9.11. The van der Waals surface area contributed by atoms with Crippen molar-refractivity contribution in [1.82, 2.24) is 4.98 Å². The number of aryl methyl sites for hydroxylation is 1. The first-order valence-electron chi connectivity index (χ1n) is 5.22. The third-order valence-corrected chi connectivity index (χ3v) is 2.78. The molecule has 3 rings (SSSR count). The maximum absolute atomic E-state index is 12.2. The van der Waals surface area contributed by atoms with Crippen molar-refractivity contribution in [3.63, 3.8) is 0 Å². The molecular formula is C13H9NO3. The molecule has 0 saturated heterocycles. The van der Waals surface area contributed by atoms with Crippen LogP contribution in [-0.4, -0.2) is 4.98 Å². The van der Waals surface area contributed by atoms with Gasteiger partial charge in [0.1, 0.15) is 5.58 Å². The van der Waals surface area contributed by atoms with Gasteiger partial charge in [0.2, 0.25) is 11.1 Å². The van der Waals surface area contributed by atoms with Crippen LogP contribution in [0.15, 0.2) is 44.3 Å². The first-order valence-corrected chi connectivity index (χ1v) is 5.22. The van der Waals surface area contributed by atoms with Crippen LogP contribution in [0.5, 0.6) is 0 Å². The van der Waals surface area contributed by atoms with Crippen molar-refractivity contribution in [1.29, 1.82) is 0 Å². The number of hydrogen-bond donors (Lipinski definition) is 1. The van der Waals surface area contributed by atoms with Gasteiger partial charge < -0.3 is 4.42 Å². The Morgan fingerprint density at radius 3 is 2.71 bits per heavy atom. The van der Waals surface area contributed by atoms with E-state index in [2.05, 4.69) is 4.98 Å². The Hall–Kier alpha value is -2.36. The van der Waals surface area contributed by atoms with Crippen molar-refractivity contribution < 1.29 is 4.42 Å². The predicted octanol–water partition coefficient (Wildman–Crippen LogP) is 1.94. The normalized spacial score (nSPS) is 11.1. The predicted molar refractivity (Wildman–Crippen MR) is 65.3 cm³/mol. The molecule has 0 bridgehead atoms. The molecule has 4 nitrogen and oxygen atoms in total. The van der Waals surface area contributed by atoms with E-state index in [0.717, 1.165) is 0 Å². The number of hydrogen-bond acceptors (Lipinski definition) is 3. The van der Waals surface area contributed by atoms with Gasteiger partial charge in [-0.25, -0.2) is 0 Å². The molecule has 4 heteroatoms. The minimum absolute atomic E-state index is 0.124. The fourth-order valence-electron chi connectivity index (χ4n) is 1.86. The van der Waals surface area contributed by atoms with Gasteiger partial charge in [0.25, 0.3) is 5.56 Å². The van der Waals surface area contributed by atoms with Crippen LogP contribution in [0.4, 0.5) is 0 Å². The number of aromatic amines is 1. The van der Waals surface area contributed by atoms with Crippen molar-refractivity contribution in [3.05, 3.63) is 56.5 Å². The molecule has 17 heavy (non-hydrogen) atoms. The summed E-state index contributed by atoms with van der Waals surface area (Å²) in [6.07, 6.45) is 0. The number of nitrogens with one attached hydrogen (secondary N) is 1. The fraction of sp³-hybridized carbons (Fsp3) is 0.0769. The van der Waals surface area contributed by atoms with Crippen molar-refractivity contribution in [2.75, 3.05) is 0 Å². The Morgan fingerprint density at radius 1 is 1.12 bits per heavy atom. The Kier molecular flexibility index (Phi) is 1.92. The van der Waals surface area contributed by atoms with Crippen molar-refractivity contribution >= 4 is 22.1 Å². The lowest BCUT2D eigenvalue weighted by molar-refractivity contribution is 0.642. The van der Waals surface area contributed by atoms with Gasteiger partial charge in [-0.2, -0.15) is 0 Å². The number of benzene rings is 1. The Bertz CT molecular complexity index is 843. The molecule has 0 radical (unpaired) electrons. The second kappa shape index (κ2) is 3.31. The quantitative estimate of drug-likeness (QED) is 0.597. The Morgan fingerprint density at radius 2 is 1.88 bits per heavy atom. The lowest BCUT2D eigenvalue weighted by Crippen LogP contribution is -2.12. The van der Waals surface area contributed by atoms with Crippen LogP contribution in [-0.2, 0) is 0 Å². The number of H-pyrrole nitrogens is 1. The average Bonchev–Trinajstić information content (AvgIpc) is 2.32. The minimum atomic E-state index is -0.240. The van der Waals surface area contributed by atoms with E-state index < -0.39 is 0 Å². The van der Waals surface area contributed by atoms with E-state index in [4.69, 9.17) is 4.42 Å². The van der Waals surface area contributed by atoms with E-state index in [-0.39, 0.29) is 16.7 Å². The van der Waals surface area contributed by atoms with Gasteiger partial charge in [0.05, 0.1) is 10.8 Å². The Balaban J connectivity index is 2.64. The van der Waals surface area contributed by atoms with E-state index in [9.17, 15) is 9.59 Å². The largest absolute Gasteiger partial charge is 0.439 e. The van der Waals surface area contributed by atoms with E-state index in [1.807, 2.05) is 0 Å². The lowest BCUT2D eigenvalue weighted by atomic mass is 10.1. The highest BCUT2D eigenvalue weighted by Crippen LogP contribution is 2.15. The molecule has 0 amide bonds. The molecule has 1 aromatic carbocycles. The molecule has 0 aliphatic carbocycles. The molecule has 84 valence electrons. The summed E-state index contributed by atoms with van der Waals surface area (Å²) in [6.45, 7) is 1.66. The third-order valence-electron chi connectivity index (χ3n) is 2.78. The molecular weight excluding hydrogens is 218 g/mol. The molecule has 1 N–H and O–H groups in total. The molecule has 2 heterocycles. The van der Waals surface area contributed by atoms with Gasteiger partial charge in [0, 0.05) is 5.56 Å². The van der Waals surface area contributed by atoms with Crippen molar-refractivity contribution in [2.45, 2.75) is 6.92 Å². The summed E-state index contributed by atoms with van der Waals surface area (Å²) in [7, 11) is 0. The van der Waals surface area contributed by atoms with E-state index in [0.29, 0.717) is 21.9 Å². The minimum Gasteiger partial charge on any atom is -0.439 e. The number of pyridine rings is 1. The maximum Gasteiger partial charge on any atom is 0.253 e. The van der Waals surface area contributed by atoms with Crippen LogP contribution < -0.4 is 11.0 Å². The first-order chi connectivity index (χ1) is 8.16. The van der Waals surface area contributed by atoms with Gasteiger partial charge in [-0.1, -0.05) is 12.1 Å². The fourth-order valence-corrected chi connectivity index (χ4v) is 1.86. The van der Waals surface area contributed by atoms with Crippen LogP contribution in [0.3, 0.4) is 0 Å². The van der Waals surface area contributed by atoms with Crippen molar-refractivity contribution in [3.8, 4) is 0 Å². The van der Waals surface area contributed by atoms with Crippen LogP contribution in [0.25, 0.3) is 22.1 Å². The average molecular weight is 227 g/mol. The third kappa shape index (κ3) is 1.38. The SMILES string of the molecule is Cc1cc2c(=O)c3ccccc3oc2[nH]c1=O. The van der Waals surface area contributed by atoms with Crippen molar-refractivity contribution in [2.24, 2.45) is 0 Å². The van der Waals surface area contributed by atoms with Gasteiger partial charge in [0.15, 0.2) is 0 Å². The summed E-state index contributed by atoms with van der Waals surface area (Å²) in [6, 6.07) is 8.54. The number of para-hydroxylation sites is 1. The number of rotatable bonds is 0. The standard InChI is InChI=1S/C13H9NO3/c1-7-6-9-11(15)8-4-2-3-5-10(8)17-13(9)14-12(7)16/h2-6H,1H3,(H,14,16). The van der Waals surface area contributed by atoms with Crippen LogP contribution in [0.2, 0.25) is 0 Å². The van der Waals surface area contributed by atoms with Crippen LogP contribution in [0, 0.1) is 6.92 Å². The lowest BCUT2D eigenvalue weighted by Gasteiger charge is -2.01. The summed E-state index contributed by atoms with van der Waals surface area (Å²) in [4.78, 5) is 26.2. The highest BCUT2D eigenvalue weighted by Gasteiger charge is 2.08. The molecule has 0 saturated carbocycles. The highest BCUT2D eigenvalue weighted by molar-refractivity contribution is 5.87. The zero-order chi connectivity index (χ0) is 12.0. The van der Waals surface area contributed by atoms with Gasteiger partial charge >= 0.3 is 0 Å². The van der Waals surface area contributed by atoms with Crippen LogP contribution >= 0.6 is 0 Å². The molecule has 2 aromatic heterocycles.